The Balaban J connectivity index is 1.94. The summed E-state index contributed by atoms with van der Waals surface area (Å²) in [5, 5.41) is 4.35. The Labute approximate surface area is 118 Å². The predicted molar refractivity (Wildman–Crippen MR) is 78.9 cm³/mol. The first kappa shape index (κ1) is 13.1. The van der Waals surface area contributed by atoms with Gasteiger partial charge in [-0.2, -0.15) is 0 Å². The van der Waals surface area contributed by atoms with Crippen molar-refractivity contribution in [2.75, 3.05) is 50.9 Å². The molecule has 0 aliphatic carbocycles. The molecule has 0 bridgehead atoms. The van der Waals surface area contributed by atoms with Crippen molar-refractivity contribution in [2.45, 2.75) is 18.1 Å². The van der Waals surface area contributed by atoms with E-state index < -0.39 is 0 Å². The predicted octanol–water partition coefficient (Wildman–Crippen LogP) is 0.596. The molecule has 0 spiro atoms. The molecule has 6 heteroatoms. The molecule has 0 saturated carbocycles. The van der Waals surface area contributed by atoms with E-state index in [0.29, 0.717) is 0 Å². The van der Waals surface area contributed by atoms with Crippen LogP contribution in [0.25, 0.3) is 0 Å². The van der Waals surface area contributed by atoms with E-state index in [1.54, 1.807) is 11.8 Å². The molecular formula is C13H21N5S. The van der Waals surface area contributed by atoms with Gasteiger partial charge in [-0.15, -0.1) is 0 Å². The Morgan fingerprint density at radius 3 is 2.68 bits per heavy atom. The molecule has 1 aromatic heterocycles. The van der Waals surface area contributed by atoms with E-state index in [1.165, 1.54) is 11.3 Å². The summed E-state index contributed by atoms with van der Waals surface area (Å²) >= 11 is 1.64. The number of nitrogens with zero attached hydrogens (tertiary/aromatic N) is 4. The third-order valence-corrected chi connectivity index (χ3v) is 4.42. The van der Waals surface area contributed by atoms with Crippen LogP contribution in [-0.2, 0) is 13.0 Å². The smallest absolute Gasteiger partial charge is 0.189 e. The minimum absolute atomic E-state index is 0.908. The highest BCUT2D eigenvalue weighted by molar-refractivity contribution is 7.98. The average molecular weight is 279 g/mol. The molecule has 0 radical (unpaired) electrons. The number of thioether (sulfide) groups is 1. The first-order valence-electron chi connectivity index (χ1n) is 6.86. The Bertz CT molecular complexity index is 457. The monoisotopic (exact) mass is 279 g/mol. The van der Waals surface area contributed by atoms with Gasteiger partial charge in [-0.05, 0) is 13.3 Å². The molecule has 2 aliphatic rings. The molecule has 1 N–H and O–H groups in total. The van der Waals surface area contributed by atoms with Crippen LogP contribution in [0.15, 0.2) is 5.16 Å². The lowest BCUT2D eigenvalue weighted by atomic mass is 10.1. The number of aromatic nitrogens is 2. The topological polar surface area (TPSA) is 44.3 Å². The maximum atomic E-state index is 4.77. The van der Waals surface area contributed by atoms with Gasteiger partial charge in [0.25, 0.3) is 0 Å². The van der Waals surface area contributed by atoms with Crippen LogP contribution in [0, 0.1) is 0 Å². The average Bonchev–Trinajstić information content (AvgIpc) is 2.47. The molecule has 104 valence electrons. The van der Waals surface area contributed by atoms with Crippen molar-refractivity contribution >= 4 is 17.6 Å². The summed E-state index contributed by atoms with van der Waals surface area (Å²) in [6, 6.07) is 0. The Morgan fingerprint density at radius 2 is 1.95 bits per heavy atom. The van der Waals surface area contributed by atoms with Gasteiger partial charge in [0, 0.05) is 51.3 Å². The van der Waals surface area contributed by atoms with Gasteiger partial charge in [-0.25, -0.2) is 9.97 Å². The molecule has 0 amide bonds. The molecule has 5 nitrogen and oxygen atoms in total. The normalized spacial score (nSPS) is 20.4. The molecular weight excluding hydrogens is 258 g/mol. The van der Waals surface area contributed by atoms with Crippen LogP contribution in [0.3, 0.4) is 0 Å². The lowest BCUT2D eigenvalue weighted by Gasteiger charge is -2.35. The molecule has 1 fully saturated rings. The molecule has 0 unspecified atom stereocenters. The highest BCUT2D eigenvalue weighted by atomic mass is 32.2. The zero-order valence-corrected chi connectivity index (χ0v) is 12.5. The first-order chi connectivity index (χ1) is 9.28. The number of hydrogen-bond acceptors (Lipinski definition) is 6. The maximum absolute atomic E-state index is 4.77. The van der Waals surface area contributed by atoms with E-state index in [9.17, 15) is 0 Å². The van der Waals surface area contributed by atoms with Crippen LogP contribution in [0.1, 0.15) is 11.3 Å². The second-order valence-electron chi connectivity index (χ2n) is 5.18. The Hall–Kier alpha value is -0.850. The molecule has 0 atom stereocenters. The molecule has 1 saturated heterocycles. The van der Waals surface area contributed by atoms with Gasteiger partial charge in [-0.3, -0.25) is 0 Å². The lowest BCUT2D eigenvalue weighted by molar-refractivity contribution is 0.311. The summed E-state index contributed by atoms with van der Waals surface area (Å²) in [6.07, 6.45) is 3.07. The summed E-state index contributed by atoms with van der Waals surface area (Å²) in [5.74, 6) is 1.16. The van der Waals surface area contributed by atoms with Gasteiger partial charge < -0.3 is 15.1 Å². The SMILES string of the molecule is CSc1nc2c(c(N3CCN(C)CC3)n1)CNCC2. The standard InChI is InChI=1S/C13H21N5S/c1-17-5-7-18(8-6-17)12-10-9-14-4-3-11(10)15-13(16-12)19-2/h14H,3-9H2,1-2H3. The lowest BCUT2D eigenvalue weighted by Crippen LogP contribution is -2.45. The van der Waals surface area contributed by atoms with E-state index in [0.717, 1.165) is 56.7 Å². The van der Waals surface area contributed by atoms with Gasteiger partial charge in [0.2, 0.25) is 0 Å². The van der Waals surface area contributed by atoms with E-state index in [2.05, 4.69) is 33.4 Å². The van der Waals surface area contributed by atoms with Crippen LogP contribution >= 0.6 is 11.8 Å². The number of fused-ring (bicyclic) bond motifs is 1. The van der Waals surface area contributed by atoms with Gasteiger partial charge in [0.15, 0.2) is 5.16 Å². The molecule has 3 rings (SSSR count). The Morgan fingerprint density at radius 1 is 1.16 bits per heavy atom. The van der Waals surface area contributed by atoms with Gasteiger partial charge in [0.05, 0.1) is 5.69 Å². The van der Waals surface area contributed by atoms with E-state index in [-0.39, 0.29) is 0 Å². The van der Waals surface area contributed by atoms with Crippen LogP contribution in [0.4, 0.5) is 5.82 Å². The van der Waals surface area contributed by atoms with Crippen molar-refractivity contribution in [1.29, 1.82) is 0 Å². The van der Waals surface area contributed by atoms with Crippen molar-refractivity contribution < 1.29 is 0 Å². The summed E-state index contributed by atoms with van der Waals surface area (Å²) < 4.78 is 0. The van der Waals surface area contributed by atoms with Crippen molar-refractivity contribution in [1.82, 2.24) is 20.2 Å². The summed E-state index contributed by atoms with van der Waals surface area (Å²) in [4.78, 5) is 14.2. The van der Waals surface area contributed by atoms with Gasteiger partial charge in [-0.1, -0.05) is 11.8 Å². The van der Waals surface area contributed by atoms with Gasteiger partial charge >= 0.3 is 0 Å². The fourth-order valence-corrected chi connectivity index (χ4v) is 3.05. The fraction of sp³-hybridized carbons (Fsp3) is 0.692. The zero-order chi connectivity index (χ0) is 13.2. The first-order valence-corrected chi connectivity index (χ1v) is 8.08. The number of likely N-dealkylation sites (N-methyl/N-ethyl adjacent to an activating group) is 1. The number of rotatable bonds is 2. The van der Waals surface area contributed by atoms with E-state index >= 15 is 0 Å². The quantitative estimate of drug-likeness (QED) is 0.632. The maximum Gasteiger partial charge on any atom is 0.189 e. The summed E-state index contributed by atoms with van der Waals surface area (Å²) in [7, 11) is 2.18. The number of piperazine rings is 1. The number of nitrogens with one attached hydrogen (secondary N) is 1. The summed E-state index contributed by atoms with van der Waals surface area (Å²) in [5.41, 5.74) is 2.56. The molecule has 2 aliphatic heterocycles. The second kappa shape index (κ2) is 5.64. The van der Waals surface area contributed by atoms with Crippen molar-refractivity contribution in [3.8, 4) is 0 Å². The minimum atomic E-state index is 0.908. The number of hydrogen-bond donors (Lipinski definition) is 1. The van der Waals surface area contributed by atoms with Crippen LogP contribution in [0.5, 0.6) is 0 Å². The highest BCUT2D eigenvalue weighted by Gasteiger charge is 2.23. The molecule has 3 heterocycles. The molecule has 19 heavy (non-hydrogen) atoms. The third-order valence-electron chi connectivity index (χ3n) is 3.88. The van der Waals surface area contributed by atoms with Crippen LogP contribution in [-0.4, -0.2) is 60.9 Å². The molecule has 1 aromatic rings. The van der Waals surface area contributed by atoms with Crippen molar-refractivity contribution in [2.24, 2.45) is 0 Å². The van der Waals surface area contributed by atoms with Crippen LogP contribution < -0.4 is 10.2 Å². The second-order valence-corrected chi connectivity index (χ2v) is 5.95. The number of anilines is 1. The fourth-order valence-electron chi connectivity index (χ4n) is 2.67. The van der Waals surface area contributed by atoms with E-state index in [4.69, 9.17) is 4.98 Å². The molecule has 0 aromatic carbocycles. The Kier molecular flexibility index (Phi) is 3.91. The van der Waals surface area contributed by atoms with Gasteiger partial charge in [0.1, 0.15) is 5.82 Å². The third kappa shape index (κ3) is 2.70. The minimum Gasteiger partial charge on any atom is -0.354 e. The highest BCUT2D eigenvalue weighted by Crippen LogP contribution is 2.26. The van der Waals surface area contributed by atoms with Crippen molar-refractivity contribution in [3.63, 3.8) is 0 Å². The largest absolute Gasteiger partial charge is 0.354 e. The zero-order valence-electron chi connectivity index (χ0n) is 11.6. The van der Waals surface area contributed by atoms with E-state index in [1.807, 2.05) is 0 Å². The van der Waals surface area contributed by atoms with Crippen molar-refractivity contribution in [3.05, 3.63) is 11.3 Å². The summed E-state index contributed by atoms with van der Waals surface area (Å²) in [6.45, 7) is 6.29. The van der Waals surface area contributed by atoms with Crippen LogP contribution in [0.2, 0.25) is 0 Å².